The number of hydrogen-bond acceptors (Lipinski definition) is 7. The van der Waals surface area contributed by atoms with Crippen LogP contribution in [0.1, 0.15) is 23.7 Å². The molecule has 2 aromatic rings. The van der Waals surface area contributed by atoms with Gasteiger partial charge in [0.05, 0.1) is 34.3 Å². The lowest BCUT2D eigenvalue weighted by Crippen LogP contribution is -2.41. The molecule has 0 unspecified atom stereocenters. The van der Waals surface area contributed by atoms with Gasteiger partial charge >= 0.3 is 5.97 Å². The standard InChI is InChI=1S/C18H16Cl2N4O4/c1-2-28-18(27)10-3-5-12(6-4-10)24-15(25)8-14(17(24)26)22-23-16-13(20)7-11(19)9-21-16/h3-7,9,14,22H,2,8H2,1H3,(H,21,23)/t14-/m0/s1. The number of aromatic nitrogens is 1. The first-order valence-electron chi connectivity index (χ1n) is 8.37. The van der Waals surface area contributed by atoms with Gasteiger partial charge in [-0.15, -0.1) is 0 Å². The van der Waals surface area contributed by atoms with Crippen LogP contribution in [0.5, 0.6) is 0 Å². The first-order chi connectivity index (χ1) is 13.4. The zero-order chi connectivity index (χ0) is 20.3. The summed E-state index contributed by atoms with van der Waals surface area (Å²) in [4.78, 5) is 41.7. The predicted octanol–water partition coefficient (Wildman–Crippen LogP) is 2.81. The Bertz CT molecular complexity index is 920. The van der Waals surface area contributed by atoms with Gasteiger partial charge in [0.2, 0.25) is 5.91 Å². The summed E-state index contributed by atoms with van der Waals surface area (Å²) < 4.78 is 4.91. The van der Waals surface area contributed by atoms with Crippen LogP contribution >= 0.6 is 23.2 Å². The fourth-order valence-electron chi connectivity index (χ4n) is 2.64. The normalized spacial score (nSPS) is 16.4. The molecule has 0 radical (unpaired) electrons. The maximum absolute atomic E-state index is 12.6. The number of rotatable bonds is 6. The number of amides is 2. The van der Waals surface area contributed by atoms with Gasteiger partial charge in [0.25, 0.3) is 5.91 Å². The van der Waals surface area contributed by atoms with Gasteiger partial charge in [0.1, 0.15) is 6.04 Å². The average molecular weight is 423 g/mol. The molecule has 1 atom stereocenters. The SMILES string of the molecule is CCOC(=O)c1ccc(N2C(=O)C[C@H](NNc3ncc(Cl)cc3Cl)C2=O)cc1. The Balaban J connectivity index is 1.68. The van der Waals surface area contributed by atoms with E-state index in [4.69, 9.17) is 27.9 Å². The van der Waals surface area contributed by atoms with Crippen LogP contribution in [0.3, 0.4) is 0 Å². The second kappa shape index (κ2) is 8.55. The van der Waals surface area contributed by atoms with E-state index in [1.807, 2.05) is 0 Å². The maximum Gasteiger partial charge on any atom is 0.338 e. The second-order valence-electron chi connectivity index (χ2n) is 5.84. The van der Waals surface area contributed by atoms with E-state index in [-0.39, 0.29) is 29.8 Å². The number of esters is 1. The molecule has 1 aliphatic heterocycles. The Morgan fingerprint density at radius 2 is 2.00 bits per heavy atom. The number of nitrogens with one attached hydrogen (secondary N) is 2. The summed E-state index contributed by atoms with van der Waals surface area (Å²) >= 11 is 11.8. The summed E-state index contributed by atoms with van der Waals surface area (Å²) in [5.74, 6) is -0.998. The molecule has 1 saturated heterocycles. The van der Waals surface area contributed by atoms with Gasteiger partial charge in [-0.05, 0) is 37.3 Å². The van der Waals surface area contributed by atoms with Crippen molar-refractivity contribution in [1.82, 2.24) is 10.4 Å². The van der Waals surface area contributed by atoms with E-state index in [0.29, 0.717) is 16.3 Å². The van der Waals surface area contributed by atoms with Crippen LogP contribution in [0.15, 0.2) is 36.5 Å². The van der Waals surface area contributed by atoms with Crippen molar-refractivity contribution in [3.8, 4) is 0 Å². The molecule has 0 spiro atoms. The smallest absolute Gasteiger partial charge is 0.338 e. The number of pyridine rings is 1. The highest BCUT2D eigenvalue weighted by molar-refractivity contribution is 6.36. The Hall–Kier alpha value is -2.68. The van der Waals surface area contributed by atoms with Crippen LogP contribution in [-0.4, -0.2) is 35.4 Å². The second-order valence-corrected chi connectivity index (χ2v) is 6.69. The molecule has 1 aromatic heterocycles. The molecular formula is C18H16Cl2N4O4. The summed E-state index contributed by atoms with van der Waals surface area (Å²) in [5.41, 5.74) is 6.20. The van der Waals surface area contributed by atoms with E-state index in [0.717, 1.165) is 4.90 Å². The molecule has 0 aliphatic carbocycles. The molecule has 2 N–H and O–H groups in total. The Morgan fingerprint density at radius 3 is 2.64 bits per heavy atom. The zero-order valence-electron chi connectivity index (χ0n) is 14.7. The van der Waals surface area contributed by atoms with Crippen LogP contribution in [0.2, 0.25) is 10.0 Å². The molecule has 146 valence electrons. The van der Waals surface area contributed by atoms with E-state index in [1.54, 1.807) is 6.92 Å². The lowest BCUT2D eigenvalue weighted by atomic mass is 10.2. The van der Waals surface area contributed by atoms with E-state index in [2.05, 4.69) is 15.8 Å². The van der Waals surface area contributed by atoms with Gasteiger partial charge in [-0.25, -0.2) is 20.1 Å². The van der Waals surface area contributed by atoms with Gasteiger partial charge in [-0.1, -0.05) is 23.2 Å². The number of hydrogen-bond donors (Lipinski definition) is 2. The topological polar surface area (TPSA) is 101 Å². The van der Waals surface area contributed by atoms with Gasteiger partial charge in [0, 0.05) is 6.20 Å². The Morgan fingerprint density at radius 1 is 1.29 bits per heavy atom. The summed E-state index contributed by atoms with van der Waals surface area (Å²) in [6, 6.07) is 6.75. The van der Waals surface area contributed by atoms with Crippen LogP contribution in [0, 0.1) is 0 Å². The summed E-state index contributed by atoms with van der Waals surface area (Å²) in [6.45, 7) is 1.97. The highest BCUT2D eigenvalue weighted by atomic mass is 35.5. The number of nitrogens with zero attached hydrogens (tertiary/aromatic N) is 2. The molecule has 10 heteroatoms. The Kier molecular flexibility index (Phi) is 6.13. The molecule has 1 fully saturated rings. The van der Waals surface area contributed by atoms with Gasteiger partial charge in [-0.2, -0.15) is 0 Å². The van der Waals surface area contributed by atoms with Crippen molar-refractivity contribution >= 4 is 52.5 Å². The molecular weight excluding hydrogens is 407 g/mol. The monoisotopic (exact) mass is 422 g/mol. The minimum atomic E-state index is -0.800. The van der Waals surface area contributed by atoms with Crippen molar-refractivity contribution in [2.24, 2.45) is 0 Å². The molecule has 1 aliphatic rings. The van der Waals surface area contributed by atoms with Crippen molar-refractivity contribution in [2.75, 3.05) is 16.9 Å². The van der Waals surface area contributed by atoms with E-state index >= 15 is 0 Å². The predicted molar refractivity (Wildman–Crippen MR) is 104 cm³/mol. The number of imide groups is 1. The lowest BCUT2D eigenvalue weighted by molar-refractivity contribution is -0.121. The zero-order valence-corrected chi connectivity index (χ0v) is 16.3. The summed E-state index contributed by atoms with van der Waals surface area (Å²) in [5, 5.41) is 0.642. The van der Waals surface area contributed by atoms with E-state index in [1.165, 1.54) is 36.5 Å². The minimum absolute atomic E-state index is 0.0450. The summed E-state index contributed by atoms with van der Waals surface area (Å²) in [6.07, 6.45) is 1.35. The van der Waals surface area contributed by atoms with Crippen molar-refractivity contribution in [1.29, 1.82) is 0 Å². The van der Waals surface area contributed by atoms with Crippen LogP contribution in [-0.2, 0) is 14.3 Å². The molecule has 28 heavy (non-hydrogen) atoms. The number of anilines is 2. The van der Waals surface area contributed by atoms with Crippen LogP contribution < -0.4 is 15.8 Å². The van der Waals surface area contributed by atoms with Crippen LogP contribution in [0.4, 0.5) is 11.5 Å². The third-order valence-corrected chi connectivity index (χ3v) is 4.45. The van der Waals surface area contributed by atoms with E-state index in [9.17, 15) is 14.4 Å². The van der Waals surface area contributed by atoms with Crippen molar-refractivity contribution in [2.45, 2.75) is 19.4 Å². The number of halogens is 2. The fourth-order valence-corrected chi connectivity index (χ4v) is 3.07. The minimum Gasteiger partial charge on any atom is -0.462 e. The first-order valence-corrected chi connectivity index (χ1v) is 9.13. The van der Waals surface area contributed by atoms with Crippen molar-refractivity contribution in [3.63, 3.8) is 0 Å². The van der Waals surface area contributed by atoms with Crippen molar-refractivity contribution < 1.29 is 19.1 Å². The molecule has 3 rings (SSSR count). The average Bonchev–Trinajstić information content (AvgIpc) is 2.95. The molecule has 0 saturated carbocycles. The molecule has 2 heterocycles. The number of hydrazine groups is 1. The third-order valence-electron chi connectivity index (χ3n) is 3.96. The summed E-state index contributed by atoms with van der Waals surface area (Å²) in [7, 11) is 0. The van der Waals surface area contributed by atoms with Gasteiger partial charge in [-0.3, -0.25) is 9.59 Å². The van der Waals surface area contributed by atoms with Crippen molar-refractivity contribution in [3.05, 3.63) is 52.1 Å². The molecule has 8 nitrogen and oxygen atoms in total. The Labute approximate surface area is 170 Å². The quantitative estimate of drug-likeness (QED) is 0.419. The third kappa shape index (κ3) is 4.24. The molecule has 1 aromatic carbocycles. The number of ether oxygens (including phenoxy) is 1. The fraction of sp³-hybridized carbons (Fsp3) is 0.222. The van der Waals surface area contributed by atoms with Crippen LogP contribution in [0.25, 0.3) is 0 Å². The van der Waals surface area contributed by atoms with Gasteiger partial charge < -0.3 is 10.2 Å². The molecule has 0 bridgehead atoms. The van der Waals surface area contributed by atoms with E-state index < -0.39 is 17.9 Å². The highest BCUT2D eigenvalue weighted by Crippen LogP contribution is 2.25. The number of carbonyl (C=O) groups is 3. The molecule has 2 amide bonds. The lowest BCUT2D eigenvalue weighted by Gasteiger charge is -2.16. The number of benzene rings is 1. The highest BCUT2D eigenvalue weighted by Gasteiger charge is 2.39. The largest absolute Gasteiger partial charge is 0.462 e. The maximum atomic E-state index is 12.6. The van der Waals surface area contributed by atoms with Gasteiger partial charge in [0.15, 0.2) is 5.82 Å². The number of carbonyl (C=O) groups excluding carboxylic acids is 3. The first kappa shape index (κ1) is 20.1.